The third-order valence-corrected chi connectivity index (χ3v) is 5.69. The lowest BCUT2D eigenvalue weighted by Crippen LogP contribution is -1.94. The zero-order chi connectivity index (χ0) is 25.3. The molecule has 0 aromatic heterocycles. The molecule has 0 saturated carbocycles. The highest BCUT2D eigenvalue weighted by Crippen LogP contribution is 2.21. The summed E-state index contributed by atoms with van der Waals surface area (Å²) in [7, 11) is 0. The Balaban J connectivity index is 1.32. The van der Waals surface area contributed by atoms with Crippen LogP contribution >= 0.6 is 0 Å². The average molecular weight is 481 g/mol. The van der Waals surface area contributed by atoms with Gasteiger partial charge in [0, 0.05) is 23.6 Å². The highest BCUT2D eigenvalue weighted by molar-refractivity contribution is 5.84. The largest absolute Gasteiger partial charge is 0.508 e. The molecule has 6 heteroatoms. The SMILES string of the molecule is Oc1ccc(Cc2ccc(O)c(C=NCCN=Cc3cc(Cc4ccc(O)cc4)ccc3O)c2)cc1. The monoisotopic (exact) mass is 480 g/mol. The summed E-state index contributed by atoms with van der Waals surface area (Å²) >= 11 is 0. The molecule has 0 aliphatic rings. The molecule has 182 valence electrons. The summed E-state index contributed by atoms with van der Waals surface area (Å²) in [5.74, 6) is 0.785. The van der Waals surface area contributed by atoms with Crippen LogP contribution in [0.1, 0.15) is 33.4 Å². The van der Waals surface area contributed by atoms with Crippen molar-refractivity contribution in [1.29, 1.82) is 0 Å². The summed E-state index contributed by atoms with van der Waals surface area (Å²) in [5.41, 5.74) is 5.45. The van der Waals surface area contributed by atoms with Gasteiger partial charge >= 0.3 is 0 Å². The van der Waals surface area contributed by atoms with Gasteiger partial charge in [0.2, 0.25) is 0 Å². The molecular weight excluding hydrogens is 452 g/mol. The standard InChI is InChI=1S/C30H28N2O4/c33-27-7-1-21(2-8-27)15-23-5-11-29(35)25(17-23)19-31-13-14-32-20-26-18-24(6-12-30(26)36)16-22-3-9-28(34)10-4-22/h1-12,17-20,33-36H,13-16H2. The lowest BCUT2D eigenvalue weighted by Gasteiger charge is -2.06. The van der Waals surface area contributed by atoms with Crippen molar-refractivity contribution < 1.29 is 20.4 Å². The molecule has 0 atom stereocenters. The van der Waals surface area contributed by atoms with Gasteiger partial charge < -0.3 is 20.4 Å². The molecular formula is C30H28N2O4. The number of aromatic hydroxyl groups is 4. The first-order valence-electron chi connectivity index (χ1n) is 11.7. The van der Waals surface area contributed by atoms with E-state index in [1.54, 1.807) is 48.8 Å². The van der Waals surface area contributed by atoms with Gasteiger partial charge in [0.15, 0.2) is 0 Å². The zero-order valence-electron chi connectivity index (χ0n) is 19.7. The fourth-order valence-electron chi connectivity index (χ4n) is 3.77. The highest BCUT2D eigenvalue weighted by atomic mass is 16.3. The van der Waals surface area contributed by atoms with Crippen LogP contribution in [0, 0.1) is 0 Å². The number of nitrogens with zero attached hydrogens (tertiary/aromatic N) is 2. The van der Waals surface area contributed by atoms with Crippen LogP contribution < -0.4 is 0 Å². The van der Waals surface area contributed by atoms with Crippen LogP contribution in [-0.2, 0) is 12.8 Å². The lowest BCUT2D eigenvalue weighted by molar-refractivity contribution is 0.473. The fourth-order valence-corrected chi connectivity index (χ4v) is 3.77. The molecule has 0 fully saturated rings. The molecule has 0 spiro atoms. The molecule has 4 aromatic rings. The Morgan fingerprint density at radius 3 is 1.22 bits per heavy atom. The van der Waals surface area contributed by atoms with Gasteiger partial charge in [-0.05, 0) is 83.6 Å². The van der Waals surface area contributed by atoms with E-state index >= 15 is 0 Å². The molecule has 4 rings (SSSR count). The van der Waals surface area contributed by atoms with Gasteiger partial charge in [-0.2, -0.15) is 0 Å². The van der Waals surface area contributed by atoms with Crippen molar-refractivity contribution in [3.63, 3.8) is 0 Å². The van der Waals surface area contributed by atoms with Gasteiger partial charge in [-0.3, -0.25) is 9.98 Å². The molecule has 6 nitrogen and oxygen atoms in total. The van der Waals surface area contributed by atoms with E-state index < -0.39 is 0 Å². The fraction of sp³-hybridized carbons (Fsp3) is 0.133. The van der Waals surface area contributed by atoms with Crippen molar-refractivity contribution in [3.8, 4) is 23.0 Å². The molecule has 0 unspecified atom stereocenters. The lowest BCUT2D eigenvalue weighted by atomic mass is 10.0. The van der Waals surface area contributed by atoms with Crippen LogP contribution in [0.3, 0.4) is 0 Å². The van der Waals surface area contributed by atoms with Crippen LogP contribution in [0.2, 0.25) is 0 Å². The van der Waals surface area contributed by atoms with Crippen LogP contribution in [0.25, 0.3) is 0 Å². The minimum Gasteiger partial charge on any atom is -0.508 e. The quantitative estimate of drug-likeness (QED) is 0.194. The second-order valence-electron chi connectivity index (χ2n) is 8.54. The third kappa shape index (κ3) is 6.96. The Hall–Kier alpha value is -4.58. The van der Waals surface area contributed by atoms with Crippen molar-refractivity contribution >= 4 is 12.4 Å². The third-order valence-electron chi connectivity index (χ3n) is 5.69. The maximum Gasteiger partial charge on any atom is 0.124 e. The molecule has 0 aliphatic carbocycles. The van der Waals surface area contributed by atoms with Crippen LogP contribution in [-0.4, -0.2) is 45.9 Å². The first kappa shape index (κ1) is 24.5. The number of phenols is 4. The first-order chi connectivity index (χ1) is 17.5. The van der Waals surface area contributed by atoms with Gasteiger partial charge in [0.05, 0.1) is 13.1 Å². The van der Waals surface area contributed by atoms with Crippen LogP contribution in [0.5, 0.6) is 23.0 Å². The first-order valence-corrected chi connectivity index (χ1v) is 11.7. The van der Waals surface area contributed by atoms with Gasteiger partial charge in [-0.25, -0.2) is 0 Å². The van der Waals surface area contributed by atoms with E-state index in [0.717, 1.165) is 22.3 Å². The van der Waals surface area contributed by atoms with E-state index in [1.807, 2.05) is 48.5 Å². The second kappa shape index (κ2) is 11.7. The Morgan fingerprint density at radius 1 is 0.472 bits per heavy atom. The summed E-state index contributed by atoms with van der Waals surface area (Å²) in [6.07, 6.45) is 4.64. The molecule has 4 N–H and O–H groups in total. The molecule has 0 bridgehead atoms. The Morgan fingerprint density at radius 2 is 0.833 bits per heavy atom. The van der Waals surface area contributed by atoms with Gasteiger partial charge in [-0.1, -0.05) is 36.4 Å². The van der Waals surface area contributed by atoms with Crippen molar-refractivity contribution in [2.45, 2.75) is 12.8 Å². The van der Waals surface area contributed by atoms with Gasteiger partial charge in [-0.15, -0.1) is 0 Å². The summed E-state index contributed by atoms with van der Waals surface area (Å²) in [5, 5.41) is 39.2. The zero-order valence-corrected chi connectivity index (χ0v) is 19.7. The van der Waals surface area contributed by atoms with Crippen LogP contribution in [0.4, 0.5) is 0 Å². The van der Waals surface area contributed by atoms with Gasteiger partial charge in [0.25, 0.3) is 0 Å². The number of hydrogen-bond acceptors (Lipinski definition) is 6. The smallest absolute Gasteiger partial charge is 0.124 e. The molecule has 4 aromatic carbocycles. The van der Waals surface area contributed by atoms with E-state index in [2.05, 4.69) is 9.98 Å². The molecule has 0 radical (unpaired) electrons. The Kier molecular flexibility index (Phi) is 7.98. The topological polar surface area (TPSA) is 106 Å². The number of rotatable bonds is 9. The average Bonchev–Trinajstić information content (AvgIpc) is 2.87. The van der Waals surface area contributed by atoms with E-state index in [9.17, 15) is 20.4 Å². The van der Waals surface area contributed by atoms with Crippen molar-refractivity contribution in [3.05, 3.63) is 118 Å². The second-order valence-corrected chi connectivity index (χ2v) is 8.54. The summed E-state index contributed by atoms with van der Waals surface area (Å²) in [4.78, 5) is 8.76. The van der Waals surface area contributed by atoms with Crippen molar-refractivity contribution in [2.24, 2.45) is 9.98 Å². The van der Waals surface area contributed by atoms with E-state index in [4.69, 9.17) is 0 Å². The highest BCUT2D eigenvalue weighted by Gasteiger charge is 2.04. The normalized spacial score (nSPS) is 11.4. The summed E-state index contributed by atoms with van der Waals surface area (Å²) in [6.45, 7) is 0.873. The summed E-state index contributed by atoms with van der Waals surface area (Å²) < 4.78 is 0. The molecule has 0 heterocycles. The molecule has 0 aliphatic heterocycles. The predicted octanol–water partition coefficient (Wildman–Crippen LogP) is 5.23. The Labute approximate surface area is 210 Å². The van der Waals surface area contributed by atoms with E-state index in [-0.39, 0.29) is 23.0 Å². The number of aliphatic imine (C=N–C) groups is 2. The molecule has 0 amide bonds. The maximum atomic E-state index is 10.2. The van der Waals surface area contributed by atoms with E-state index in [0.29, 0.717) is 37.1 Å². The Bertz CT molecular complexity index is 1250. The number of hydrogen-bond donors (Lipinski definition) is 4. The molecule has 0 saturated heterocycles. The number of phenolic OH excluding ortho intramolecular Hbond substituents is 4. The maximum absolute atomic E-state index is 10.2. The van der Waals surface area contributed by atoms with Gasteiger partial charge in [0.1, 0.15) is 23.0 Å². The van der Waals surface area contributed by atoms with E-state index in [1.165, 1.54) is 0 Å². The molecule has 36 heavy (non-hydrogen) atoms. The van der Waals surface area contributed by atoms with Crippen molar-refractivity contribution in [1.82, 2.24) is 0 Å². The van der Waals surface area contributed by atoms with Crippen LogP contribution in [0.15, 0.2) is 94.9 Å². The minimum atomic E-state index is 0.159. The predicted molar refractivity (Wildman–Crippen MR) is 143 cm³/mol. The minimum absolute atomic E-state index is 0.159. The number of benzene rings is 4. The summed E-state index contributed by atoms with van der Waals surface area (Å²) in [6, 6.07) is 24.9. The van der Waals surface area contributed by atoms with Crippen molar-refractivity contribution in [2.75, 3.05) is 13.1 Å².